The summed E-state index contributed by atoms with van der Waals surface area (Å²) < 4.78 is 0. The highest BCUT2D eigenvalue weighted by molar-refractivity contribution is 5.98. The molecule has 0 aromatic heterocycles. The maximum absolute atomic E-state index is 12.9. The van der Waals surface area contributed by atoms with Crippen LogP contribution >= 0.6 is 12.4 Å². The Morgan fingerprint density at radius 3 is 2.60 bits per heavy atom. The van der Waals surface area contributed by atoms with Crippen LogP contribution in [0.15, 0.2) is 24.3 Å². The Hall–Kier alpha value is -1.59. The number of halogens is 1. The third-order valence-electron chi connectivity index (χ3n) is 4.35. The van der Waals surface area contributed by atoms with E-state index in [1.165, 1.54) is 0 Å². The van der Waals surface area contributed by atoms with E-state index in [1.807, 2.05) is 30.0 Å². The van der Waals surface area contributed by atoms with Crippen LogP contribution in [0.1, 0.15) is 42.6 Å². The molecule has 1 saturated heterocycles. The maximum atomic E-state index is 12.9. The fourth-order valence-corrected chi connectivity index (χ4v) is 3.04. The van der Waals surface area contributed by atoms with Crippen molar-refractivity contribution in [3.8, 4) is 0 Å². The van der Waals surface area contributed by atoms with Crippen molar-refractivity contribution >= 4 is 24.2 Å². The van der Waals surface area contributed by atoms with Gasteiger partial charge in [0.25, 0.3) is 5.91 Å². The van der Waals surface area contributed by atoms with Crippen molar-refractivity contribution in [1.82, 2.24) is 15.5 Å². The van der Waals surface area contributed by atoms with Crippen LogP contribution in [-0.4, -0.2) is 48.9 Å². The molecule has 0 radical (unpaired) electrons. The smallest absolute Gasteiger partial charge is 0.252 e. The third-order valence-corrected chi connectivity index (χ3v) is 4.35. The van der Waals surface area contributed by atoms with E-state index < -0.39 is 6.04 Å². The molecule has 0 bridgehead atoms. The van der Waals surface area contributed by atoms with Gasteiger partial charge in [-0.05, 0) is 43.9 Å². The number of nitrogens with one attached hydrogen (secondary N) is 2. The molecule has 2 amide bonds. The second-order valence-corrected chi connectivity index (χ2v) is 6.90. The highest BCUT2D eigenvalue weighted by atomic mass is 35.5. The van der Waals surface area contributed by atoms with E-state index in [-0.39, 0.29) is 24.2 Å². The summed E-state index contributed by atoms with van der Waals surface area (Å²) in [6, 6.07) is 7.01. The highest BCUT2D eigenvalue weighted by Crippen LogP contribution is 2.12. The van der Waals surface area contributed by atoms with Crippen molar-refractivity contribution in [3.05, 3.63) is 35.4 Å². The fourth-order valence-electron chi connectivity index (χ4n) is 3.04. The van der Waals surface area contributed by atoms with Gasteiger partial charge < -0.3 is 15.5 Å². The number of carbonyl (C=O) groups is 2. The van der Waals surface area contributed by atoms with E-state index in [1.54, 1.807) is 6.07 Å². The molecule has 6 heteroatoms. The van der Waals surface area contributed by atoms with Crippen molar-refractivity contribution in [2.24, 2.45) is 5.92 Å². The zero-order valence-corrected chi connectivity index (χ0v) is 16.2. The SMILES string of the molecule is Cc1ccccc1C(=O)NC(CC(C)C)C(=O)N1CCCNCC1.Cl. The summed E-state index contributed by atoms with van der Waals surface area (Å²) in [5.41, 5.74) is 1.56. The molecule has 140 valence electrons. The minimum Gasteiger partial charge on any atom is -0.340 e. The molecule has 1 aliphatic heterocycles. The van der Waals surface area contributed by atoms with Gasteiger partial charge in [0.1, 0.15) is 6.04 Å². The summed E-state index contributed by atoms with van der Waals surface area (Å²) in [6.45, 7) is 9.26. The number of amides is 2. The summed E-state index contributed by atoms with van der Waals surface area (Å²) in [4.78, 5) is 27.4. The first-order chi connectivity index (χ1) is 11.5. The summed E-state index contributed by atoms with van der Waals surface area (Å²) >= 11 is 0. The molecule has 2 rings (SSSR count). The molecule has 1 unspecified atom stereocenters. The first-order valence-electron chi connectivity index (χ1n) is 8.85. The minimum atomic E-state index is -0.463. The van der Waals surface area contributed by atoms with Crippen LogP contribution in [0.25, 0.3) is 0 Å². The highest BCUT2D eigenvalue weighted by Gasteiger charge is 2.27. The van der Waals surface area contributed by atoms with Gasteiger partial charge in [-0.15, -0.1) is 12.4 Å². The van der Waals surface area contributed by atoms with Gasteiger partial charge in [-0.1, -0.05) is 32.0 Å². The van der Waals surface area contributed by atoms with Crippen LogP contribution in [0.4, 0.5) is 0 Å². The number of hydrogen-bond acceptors (Lipinski definition) is 3. The molecular weight excluding hydrogens is 338 g/mol. The van der Waals surface area contributed by atoms with Crippen molar-refractivity contribution < 1.29 is 9.59 Å². The topological polar surface area (TPSA) is 61.4 Å². The predicted molar refractivity (Wildman–Crippen MR) is 103 cm³/mol. The molecule has 2 N–H and O–H groups in total. The van der Waals surface area contributed by atoms with Gasteiger partial charge in [-0.2, -0.15) is 0 Å². The van der Waals surface area contributed by atoms with Crippen LogP contribution in [-0.2, 0) is 4.79 Å². The van der Waals surface area contributed by atoms with Gasteiger partial charge in [0.15, 0.2) is 0 Å². The lowest BCUT2D eigenvalue weighted by Gasteiger charge is -2.27. The summed E-state index contributed by atoms with van der Waals surface area (Å²) in [5, 5.41) is 6.28. The Bertz CT molecular complexity index is 570. The van der Waals surface area contributed by atoms with Gasteiger partial charge in [0, 0.05) is 25.2 Å². The van der Waals surface area contributed by atoms with E-state index in [2.05, 4.69) is 24.5 Å². The average Bonchev–Trinajstić information content (AvgIpc) is 2.82. The number of hydrogen-bond donors (Lipinski definition) is 2. The first kappa shape index (κ1) is 21.5. The Balaban J connectivity index is 0.00000312. The summed E-state index contributed by atoms with van der Waals surface area (Å²) in [7, 11) is 0. The largest absolute Gasteiger partial charge is 0.340 e. The van der Waals surface area contributed by atoms with Crippen molar-refractivity contribution in [2.75, 3.05) is 26.2 Å². The maximum Gasteiger partial charge on any atom is 0.252 e. The molecule has 1 aromatic rings. The normalized spacial score (nSPS) is 15.9. The van der Waals surface area contributed by atoms with Crippen LogP contribution in [0.2, 0.25) is 0 Å². The average molecular weight is 368 g/mol. The molecule has 5 nitrogen and oxygen atoms in total. The second-order valence-electron chi connectivity index (χ2n) is 6.90. The van der Waals surface area contributed by atoms with E-state index >= 15 is 0 Å². The van der Waals surface area contributed by atoms with Crippen molar-refractivity contribution in [2.45, 2.75) is 39.7 Å². The molecule has 25 heavy (non-hydrogen) atoms. The molecule has 1 heterocycles. The molecule has 0 aliphatic carbocycles. The van der Waals surface area contributed by atoms with Gasteiger partial charge in [-0.25, -0.2) is 0 Å². The zero-order chi connectivity index (χ0) is 17.5. The minimum absolute atomic E-state index is 0. The van der Waals surface area contributed by atoms with Crippen LogP contribution in [0.5, 0.6) is 0 Å². The van der Waals surface area contributed by atoms with Crippen LogP contribution < -0.4 is 10.6 Å². The van der Waals surface area contributed by atoms with E-state index in [9.17, 15) is 9.59 Å². The van der Waals surface area contributed by atoms with Gasteiger partial charge in [0.2, 0.25) is 5.91 Å². The second kappa shape index (κ2) is 10.4. The van der Waals surface area contributed by atoms with Crippen molar-refractivity contribution in [3.63, 3.8) is 0 Å². The monoisotopic (exact) mass is 367 g/mol. The van der Waals surface area contributed by atoms with Crippen LogP contribution in [0, 0.1) is 12.8 Å². The van der Waals surface area contributed by atoms with E-state index in [4.69, 9.17) is 0 Å². The Morgan fingerprint density at radius 2 is 1.92 bits per heavy atom. The molecule has 1 atom stereocenters. The van der Waals surface area contributed by atoms with Gasteiger partial charge in [0.05, 0.1) is 0 Å². The lowest BCUT2D eigenvalue weighted by atomic mass is 10.0. The van der Waals surface area contributed by atoms with Crippen molar-refractivity contribution in [1.29, 1.82) is 0 Å². The first-order valence-corrected chi connectivity index (χ1v) is 8.85. The quantitative estimate of drug-likeness (QED) is 0.840. The number of aryl methyl sites for hydroxylation is 1. The molecule has 0 spiro atoms. The number of rotatable bonds is 5. The summed E-state index contributed by atoms with van der Waals surface area (Å²) in [6.07, 6.45) is 1.60. The standard InChI is InChI=1S/C19H29N3O2.ClH/c1-14(2)13-17(19(24)22-11-6-9-20-10-12-22)21-18(23)16-8-5-4-7-15(16)3;/h4-5,7-8,14,17,20H,6,9-13H2,1-3H3,(H,21,23);1H. The Kier molecular flexibility index (Phi) is 8.93. The number of carbonyl (C=O) groups excluding carboxylic acids is 2. The van der Waals surface area contributed by atoms with Crippen LogP contribution in [0.3, 0.4) is 0 Å². The molecule has 1 aliphatic rings. The van der Waals surface area contributed by atoms with Gasteiger partial charge in [-0.3, -0.25) is 9.59 Å². The molecule has 0 saturated carbocycles. The Morgan fingerprint density at radius 1 is 1.20 bits per heavy atom. The summed E-state index contributed by atoms with van der Waals surface area (Å²) in [5.74, 6) is 0.204. The Labute approximate surface area is 157 Å². The molecule has 1 aromatic carbocycles. The van der Waals surface area contributed by atoms with E-state index in [0.29, 0.717) is 24.4 Å². The lowest BCUT2D eigenvalue weighted by Crippen LogP contribution is -2.50. The molecule has 1 fully saturated rings. The van der Waals surface area contributed by atoms with E-state index in [0.717, 1.165) is 31.6 Å². The molecular formula is C19H30ClN3O2. The lowest BCUT2D eigenvalue weighted by molar-refractivity contribution is -0.133. The zero-order valence-electron chi connectivity index (χ0n) is 15.4. The number of nitrogens with zero attached hydrogens (tertiary/aromatic N) is 1. The third kappa shape index (κ3) is 6.33. The van der Waals surface area contributed by atoms with Gasteiger partial charge >= 0.3 is 0 Å². The predicted octanol–water partition coefficient (Wildman–Crippen LogP) is 2.38. The number of benzene rings is 1. The fraction of sp³-hybridized carbons (Fsp3) is 0.579.